The molecule has 2 fully saturated rings. The van der Waals surface area contributed by atoms with Crippen LogP contribution >= 0.6 is 11.6 Å². The summed E-state index contributed by atoms with van der Waals surface area (Å²) < 4.78 is 5.79. The topological polar surface area (TPSA) is 9.23 Å². The average Bonchev–Trinajstić information content (AvgIpc) is 3.18. The molecule has 18 heavy (non-hydrogen) atoms. The molecule has 1 nitrogen and oxygen atoms in total. The zero-order valence-corrected chi connectivity index (χ0v) is 11.5. The molecule has 0 aromatic heterocycles. The van der Waals surface area contributed by atoms with Gasteiger partial charge in [0, 0.05) is 5.38 Å². The average molecular weight is 265 g/mol. The maximum atomic E-state index is 6.35. The summed E-state index contributed by atoms with van der Waals surface area (Å²) >= 11 is 6.35. The molecule has 2 unspecified atom stereocenters. The predicted molar refractivity (Wildman–Crippen MR) is 75.6 cm³/mol. The molecular formula is C16H21ClO. The number of benzene rings is 1. The molecular weight excluding hydrogens is 244 g/mol. The number of rotatable bonds is 3. The first kappa shape index (κ1) is 12.3. The number of hydrogen-bond donors (Lipinski definition) is 0. The van der Waals surface area contributed by atoms with Crippen molar-refractivity contribution in [3.8, 4) is 5.75 Å². The van der Waals surface area contributed by atoms with Crippen molar-refractivity contribution < 1.29 is 4.74 Å². The van der Waals surface area contributed by atoms with Gasteiger partial charge in [-0.3, -0.25) is 0 Å². The predicted octanol–water partition coefficient (Wildman–Crippen LogP) is 4.88. The van der Waals surface area contributed by atoms with Gasteiger partial charge < -0.3 is 4.74 Å². The standard InChI is InChI=1S/C16H21ClO/c17-14-4-2-1-3-13(11-14)12-5-7-15(8-6-12)18-16-9-10-16/h5-8,13-14,16H,1-4,9-11H2. The van der Waals surface area contributed by atoms with Crippen molar-refractivity contribution in [3.05, 3.63) is 29.8 Å². The number of alkyl halides is 1. The fourth-order valence-corrected chi connectivity index (χ4v) is 3.17. The largest absolute Gasteiger partial charge is 0.490 e. The third-order valence-electron chi connectivity index (χ3n) is 4.04. The van der Waals surface area contributed by atoms with Gasteiger partial charge in [-0.2, -0.15) is 0 Å². The minimum atomic E-state index is 0.361. The molecule has 2 heteroatoms. The van der Waals surface area contributed by atoms with Crippen LogP contribution in [0.25, 0.3) is 0 Å². The highest BCUT2D eigenvalue weighted by molar-refractivity contribution is 6.20. The molecule has 98 valence electrons. The van der Waals surface area contributed by atoms with Crippen LogP contribution < -0.4 is 4.74 Å². The monoisotopic (exact) mass is 264 g/mol. The molecule has 0 saturated heterocycles. The van der Waals surface area contributed by atoms with Crippen molar-refractivity contribution in [3.63, 3.8) is 0 Å². The summed E-state index contributed by atoms with van der Waals surface area (Å²) in [6.45, 7) is 0. The Morgan fingerprint density at radius 1 is 0.944 bits per heavy atom. The van der Waals surface area contributed by atoms with Gasteiger partial charge in [-0.05, 0) is 55.7 Å². The summed E-state index contributed by atoms with van der Waals surface area (Å²) in [4.78, 5) is 0. The van der Waals surface area contributed by atoms with Crippen LogP contribution in [0, 0.1) is 0 Å². The molecule has 0 N–H and O–H groups in total. The lowest BCUT2D eigenvalue weighted by Gasteiger charge is -2.17. The van der Waals surface area contributed by atoms with E-state index in [1.807, 2.05) is 0 Å². The van der Waals surface area contributed by atoms with E-state index in [9.17, 15) is 0 Å². The summed E-state index contributed by atoms with van der Waals surface area (Å²) in [5.41, 5.74) is 1.44. The number of ether oxygens (including phenoxy) is 1. The zero-order valence-electron chi connectivity index (χ0n) is 10.8. The van der Waals surface area contributed by atoms with Gasteiger partial charge in [-0.15, -0.1) is 11.6 Å². The van der Waals surface area contributed by atoms with Crippen LogP contribution in [0.15, 0.2) is 24.3 Å². The van der Waals surface area contributed by atoms with E-state index in [2.05, 4.69) is 24.3 Å². The first-order valence-electron chi connectivity index (χ1n) is 7.22. The molecule has 0 aliphatic heterocycles. The Morgan fingerprint density at radius 2 is 1.67 bits per heavy atom. The fourth-order valence-electron chi connectivity index (χ4n) is 2.80. The molecule has 2 aliphatic carbocycles. The molecule has 0 radical (unpaired) electrons. The van der Waals surface area contributed by atoms with Gasteiger partial charge in [0.05, 0.1) is 6.10 Å². The summed E-state index contributed by atoms with van der Waals surface area (Å²) in [5.74, 6) is 1.67. The molecule has 1 aromatic carbocycles. The van der Waals surface area contributed by atoms with Crippen LogP contribution in [0.4, 0.5) is 0 Å². The van der Waals surface area contributed by atoms with E-state index in [0.29, 0.717) is 17.4 Å². The Balaban J connectivity index is 1.66. The first-order chi connectivity index (χ1) is 8.81. The van der Waals surface area contributed by atoms with E-state index in [1.54, 1.807) is 0 Å². The van der Waals surface area contributed by atoms with E-state index < -0.39 is 0 Å². The van der Waals surface area contributed by atoms with Crippen molar-refractivity contribution in [1.29, 1.82) is 0 Å². The summed E-state index contributed by atoms with van der Waals surface area (Å²) in [7, 11) is 0. The lowest BCUT2D eigenvalue weighted by atomic mass is 9.92. The quantitative estimate of drug-likeness (QED) is 0.558. The molecule has 0 heterocycles. The highest BCUT2D eigenvalue weighted by atomic mass is 35.5. The van der Waals surface area contributed by atoms with E-state index in [-0.39, 0.29) is 0 Å². The third-order valence-corrected chi connectivity index (χ3v) is 4.44. The fraction of sp³-hybridized carbons (Fsp3) is 0.625. The highest BCUT2D eigenvalue weighted by Crippen LogP contribution is 2.35. The van der Waals surface area contributed by atoms with E-state index in [4.69, 9.17) is 16.3 Å². The minimum Gasteiger partial charge on any atom is -0.490 e. The van der Waals surface area contributed by atoms with Gasteiger partial charge >= 0.3 is 0 Å². The molecule has 2 aliphatic rings. The van der Waals surface area contributed by atoms with Crippen molar-refractivity contribution in [1.82, 2.24) is 0 Å². The van der Waals surface area contributed by atoms with Crippen LogP contribution in [-0.4, -0.2) is 11.5 Å². The Morgan fingerprint density at radius 3 is 2.39 bits per heavy atom. The smallest absolute Gasteiger partial charge is 0.119 e. The van der Waals surface area contributed by atoms with Crippen LogP contribution in [-0.2, 0) is 0 Å². The zero-order chi connectivity index (χ0) is 12.4. The maximum Gasteiger partial charge on any atom is 0.119 e. The van der Waals surface area contributed by atoms with E-state index in [0.717, 1.165) is 12.2 Å². The van der Waals surface area contributed by atoms with Gasteiger partial charge in [0.1, 0.15) is 5.75 Å². The summed E-state index contributed by atoms with van der Waals surface area (Å²) in [6.07, 6.45) is 9.12. The second-order valence-corrected chi connectivity index (χ2v) is 6.32. The van der Waals surface area contributed by atoms with Crippen molar-refractivity contribution in [2.75, 3.05) is 0 Å². The number of hydrogen-bond acceptors (Lipinski definition) is 1. The Hall–Kier alpha value is -0.690. The van der Waals surface area contributed by atoms with Gasteiger partial charge in [0.2, 0.25) is 0 Å². The lowest BCUT2D eigenvalue weighted by Crippen LogP contribution is -2.04. The molecule has 2 saturated carbocycles. The Labute approximate surface area is 114 Å². The first-order valence-corrected chi connectivity index (χ1v) is 7.65. The van der Waals surface area contributed by atoms with Crippen molar-refractivity contribution >= 4 is 11.6 Å². The Bertz CT molecular complexity index is 383. The second-order valence-electron chi connectivity index (χ2n) is 5.70. The minimum absolute atomic E-state index is 0.361. The van der Waals surface area contributed by atoms with Gasteiger partial charge in [0.25, 0.3) is 0 Å². The van der Waals surface area contributed by atoms with Gasteiger partial charge in [0.15, 0.2) is 0 Å². The van der Waals surface area contributed by atoms with Crippen LogP contribution in [0.5, 0.6) is 5.75 Å². The van der Waals surface area contributed by atoms with Gasteiger partial charge in [-0.1, -0.05) is 25.0 Å². The van der Waals surface area contributed by atoms with Crippen LogP contribution in [0.1, 0.15) is 56.4 Å². The third kappa shape index (κ3) is 3.20. The molecule has 3 rings (SSSR count). The number of halogens is 1. The molecule has 0 amide bonds. The summed E-state index contributed by atoms with van der Waals surface area (Å²) in [6, 6.07) is 8.72. The molecule has 0 spiro atoms. The lowest BCUT2D eigenvalue weighted by molar-refractivity contribution is 0.303. The molecule has 0 bridgehead atoms. The second kappa shape index (κ2) is 5.52. The van der Waals surface area contributed by atoms with Crippen molar-refractivity contribution in [2.24, 2.45) is 0 Å². The maximum absolute atomic E-state index is 6.35. The van der Waals surface area contributed by atoms with Crippen LogP contribution in [0.3, 0.4) is 0 Å². The summed E-state index contributed by atoms with van der Waals surface area (Å²) in [5, 5.41) is 0.361. The highest BCUT2D eigenvalue weighted by Gasteiger charge is 2.24. The molecule has 2 atom stereocenters. The molecule has 1 aromatic rings. The van der Waals surface area contributed by atoms with Gasteiger partial charge in [-0.25, -0.2) is 0 Å². The van der Waals surface area contributed by atoms with Crippen molar-refractivity contribution in [2.45, 2.75) is 62.3 Å². The van der Waals surface area contributed by atoms with Crippen LogP contribution in [0.2, 0.25) is 0 Å². The Kier molecular flexibility index (Phi) is 3.79. The SMILES string of the molecule is ClC1CCCCC(c2ccc(OC3CC3)cc2)C1. The normalized spacial score (nSPS) is 28.7. The van der Waals surface area contributed by atoms with E-state index >= 15 is 0 Å². The van der Waals surface area contributed by atoms with E-state index in [1.165, 1.54) is 44.1 Å².